The number of benzene rings is 1. The molecule has 0 aliphatic heterocycles. The van der Waals surface area contributed by atoms with Crippen molar-refractivity contribution in [1.29, 1.82) is 0 Å². The fourth-order valence-electron chi connectivity index (χ4n) is 6.13. The Kier molecular flexibility index (Phi) is 3.97. The van der Waals surface area contributed by atoms with Crippen LogP contribution in [0.15, 0.2) is 18.2 Å². The van der Waals surface area contributed by atoms with Gasteiger partial charge in [0.2, 0.25) is 0 Å². The number of aliphatic hydroxyl groups excluding tert-OH is 1. The Bertz CT molecular complexity index is 662. The molecule has 25 heavy (non-hydrogen) atoms. The van der Waals surface area contributed by atoms with Gasteiger partial charge in [0.1, 0.15) is 5.75 Å². The molecule has 0 aromatic heterocycles. The van der Waals surface area contributed by atoms with Gasteiger partial charge >= 0.3 is 0 Å². The number of phenols is 1. The number of aromatic hydroxyl groups is 1. The second-order valence-corrected chi connectivity index (χ2v) is 9.80. The van der Waals surface area contributed by atoms with E-state index in [-0.39, 0.29) is 23.2 Å². The van der Waals surface area contributed by atoms with Crippen molar-refractivity contribution in [3.63, 3.8) is 0 Å². The molecule has 2 fully saturated rings. The maximum atomic E-state index is 10.8. The van der Waals surface area contributed by atoms with Crippen LogP contribution < -0.4 is 0 Å². The van der Waals surface area contributed by atoms with Gasteiger partial charge in [0.25, 0.3) is 0 Å². The molecule has 6 atom stereocenters. The van der Waals surface area contributed by atoms with Gasteiger partial charge in [-0.1, -0.05) is 13.0 Å². The summed E-state index contributed by atoms with van der Waals surface area (Å²) in [5.74, 6) is 2.10. The minimum atomic E-state index is -0.353. The molecule has 1 aromatic carbocycles. The molecule has 2 saturated carbocycles. The summed E-state index contributed by atoms with van der Waals surface area (Å²) in [5.41, 5.74) is 2.61. The van der Waals surface area contributed by atoms with Crippen molar-refractivity contribution in [2.75, 3.05) is 0 Å². The summed E-state index contributed by atoms with van der Waals surface area (Å²) in [7, 11) is 0. The van der Waals surface area contributed by atoms with Crippen molar-refractivity contribution in [2.45, 2.75) is 83.5 Å². The van der Waals surface area contributed by atoms with E-state index in [0.29, 0.717) is 23.5 Å². The van der Waals surface area contributed by atoms with E-state index in [2.05, 4.69) is 33.8 Å². The highest BCUT2D eigenvalue weighted by Gasteiger charge is 2.59. The Morgan fingerprint density at radius 2 is 1.96 bits per heavy atom. The van der Waals surface area contributed by atoms with E-state index < -0.39 is 0 Å². The van der Waals surface area contributed by atoms with Gasteiger partial charge in [-0.25, -0.2) is 0 Å². The minimum Gasteiger partial charge on any atom is -0.508 e. The van der Waals surface area contributed by atoms with Crippen molar-refractivity contribution >= 4 is 0 Å². The Labute approximate surface area is 151 Å². The molecule has 0 radical (unpaired) electrons. The monoisotopic (exact) mass is 344 g/mol. The Morgan fingerprint density at radius 1 is 1.20 bits per heavy atom. The minimum absolute atomic E-state index is 0.0559. The van der Waals surface area contributed by atoms with Gasteiger partial charge < -0.3 is 14.9 Å². The van der Waals surface area contributed by atoms with E-state index >= 15 is 0 Å². The van der Waals surface area contributed by atoms with E-state index in [1.807, 2.05) is 12.1 Å². The lowest BCUT2D eigenvalue weighted by Gasteiger charge is -2.51. The second kappa shape index (κ2) is 5.72. The van der Waals surface area contributed by atoms with Crippen LogP contribution in [0.25, 0.3) is 0 Å². The number of phenolic OH excluding ortho intramolecular Hbond substituents is 1. The van der Waals surface area contributed by atoms with Gasteiger partial charge in [-0.3, -0.25) is 0 Å². The smallest absolute Gasteiger partial charge is 0.115 e. The zero-order chi connectivity index (χ0) is 18.0. The number of aliphatic hydroxyl groups is 1. The molecular formula is C22H32O3. The average molecular weight is 344 g/mol. The topological polar surface area (TPSA) is 49.7 Å². The molecular weight excluding hydrogens is 312 g/mol. The fraction of sp³-hybridized carbons (Fsp3) is 0.727. The first kappa shape index (κ1) is 17.4. The summed E-state index contributed by atoms with van der Waals surface area (Å²) < 4.78 is 6.37. The summed E-state index contributed by atoms with van der Waals surface area (Å²) >= 11 is 0. The van der Waals surface area contributed by atoms with Gasteiger partial charge in [0.05, 0.1) is 17.8 Å². The van der Waals surface area contributed by atoms with Gasteiger partial charge in [-0.15, -0.1) is 0 Å². The summed E-state index contributed by atoms with van der Waals surface area (Å²) in [6.45, 7) is 8.62. The Balaban J connectivity index is 1.64. The first-order chi connectivity index (χ1) is 11.7. The van der Waals surface area contributed by atoms with Crippen LogP contribution >= 0.6 is 0 Å². The highest BCUT2D eigenvalue weighted by atomic mass is 16.5. The van der Waals surface area contributed by atoms with Crippen LogP contribution in [0.4, 0.5) is 0 Å². The van der Waals surface area contributed by atoms with Gasteiger partial charge in [-0.2, -0.15) is 0 Å². The largest absolute Gasteiger partial charge is 0.508 e. The third kappa shape index (κ3) is 2.80. The number of hydrogen-bond donors (Lipinski definition) is 2. The lowest BCUT2D eigenvalue weighted by atomic mass is 9.55. The van der Waals surface area contributed by atoms with Crippen LogP contribution in [0.3, 0.4) is 0 Å². The van der Waals surface area contributed by atoms with Gasteiger partial charge in [0, 0.05) is 0 Å². The molecule has 0 saturated heterocycles. The van der Waals surface area contributed by atoms with Crippen LogP contribution in [-0.4, -0.2) is 28.0 Å². The van der Waals surface area contributed by atoms with Gasteiger partial charge in [-0.05, 0) is 99.3 Å². The second-order valence-electron chi connectivity index (χ2n) is 9.80. The SMILES string of the molecule is CC(C)(C)O[C@H]1[C@@H](O)C[C@H]2[C@@H]3CCc4cc(O)ccc4[C@H]3CC[C@@]21C. The zero-order valence-electron chi connectivity index (χ0n) is 16.0. The van der Waals surface area contributed by atoms with Crippen molar-refractivity contribution in [3.05, 3.63) is 29.3 Å². The average Bonchev–Trinajstić information content (AvgIpc) is 2.77. The molecule has 0 unspecified atom stereocenters. The molecule has 3 aliphatic rings. The van der Waals surface area contributed by atoms with E-state index in [0.717, 1.165) is 32.1 Å². The van der Waals surface area contributed by atoms with Crippen LogP contribution in [-0.2, 0) is 11.2 Å². The lowest BCUT2D eigenvalue weighted by Crippen LogP contribution is -2.48. The van der Waals surface area contributed by atoms with Crippen LogP contribution in [0.2, 0.25) is 0 Å². The van der Waals surface area contributed by atoms with E-state index in [4.69, 9.17) is 4.74 Å². The molecule has 3 heteroatoms. The quantitative estimate of drug-likeness (QED) is 0.794. The number of rotatable bonds is 1. The fourth-order valence-corrected chi connectivity index (χ4v) is 6.13. The number of aryl methyl sites for hydroxylation is 1. The van der Waals surface area contributed by atoms with Crippen LogP contribution in [0, 0.1) is 17.3 Å². The van der Waals surface area contributed by atoms with Crippen molar-refractivity contribution in [1.82, 2.24) is 0 Å². The maximum Gasteiger partial charge on any atom is 0.115 e. The number of ether oxygens (including phenoxy) is 1. The third-order valence-electron chi connectivity index (χ3n) is 7.12. The summed E-state index contributed by atoms with van der Waals surface area (Å²) in [6, 6.07) is 5.93. The van der Waals surface area contributed by atoms with E-state index in [1.54, 1.807) is 0 Å². The first-order valence-electron chi connectivity index (χ1n) is 9.87. The lowest BCUT2D eigenvalue weighted by molar-refractivity contribution is -0.151. The highest BCUT2D eigenvalue weighted by Crippen LogP contribution is 2.62. The number of fused-ring (bicyclic) bond motifs is 5. The van der Waals surface area contributed by atoms with Gasteiger partial charge in [0.15, 0.2) is 0 Å². The summed E-state index contributed by atoms with van der Waals surface area (Å²) in [4.78, 5) is 0. The molecule has 0 spiro atoms. The molecule has 3 nitrogen and oxygen atoms in total. The molecule has 4 rings (SSSR count). The van der Waals surface area contributed by atoms with Crippen molar-refractivity contribution < 1.29 is 14.9 Å². The van der Waals surface area contributed by atoms with E-state index in [1.165, 1.54) is 11.1 Å². The molecule has 0 bridgehead atoms. The first-order valence-corrected chi connectivity index (χ1v) is 9.87. The molecule has 1 aromatic rings. The normalized spacial score (nSPS) is 40.3. The van der Waals surface area contributed by atoms with Crippen LogP contribution in [0.5, 0.6) is 5.75 Å². The standard InChI is InChI=1S/C22H32O3/c1-21(2,3)25-20-19(24)12-18-17-7-5-13-11-14(23)6-8-15(13)16(17)9-10-22(18,20)4/h6,8,11,16-20,23-24H,5,7,9-10,12H2,1-4H3/t16-,17-,18+,19+,20+,22+/m1/s1. The molecule has 0 heterocycles. The van der Waals surface area contributed by atoms with E-state index in [9.17, 15) is 10.2 Å². The highest BCUT2D eigenvalue weighted by molar-refractivity contribution is 5.40. The molecule has 3 aliphatic carbocycles. The molecule has 138 valence electrons. The Morgan fingerprint density at radius 3 is 2.68 bits per heavy atom. The zero-order valence-corrected chi connectivity index (χ0v) is 16.0. The third-order valence-corrected chi connectivity index (χ3v) is 7.12. The Hall–Kier alpha value is -1.06. The van der Waals surface area contributed by atoms with Crippen LogP contribution in [0.1, 0.15) is 70.4 Å². The predicted octanol–water partition coefficient (Wildman–Crippen LogP) is 4.40. The van der Waals surface area contributed by atoms with Crippen molar-refractivity contribution in [2.24, 2.45) is 17.3 Å². The summed E-state index contributed by atoms with van der Waals surface area (Å²) in [6.07, 6.45) is 4.93. The molecule has 0 amide bonds. The maximum absolute atomic E-state index is 10.8. The molecule has 2 N–H and O–H groups in total. The predicted molar refractivity (Wildman–Crippen MR) is 98.7 cm³/mol. The summed E-state index contributed by atoms with van der Waals surface area (Å²) in [5, 5.41) is 20.6. The number of hydrogen-bond acceptors (Lipinski definition) is 3. The van der Waals surface area contributed by atoms with Crippen molar-refractivity contribution in [3.8, 4) is 5.75 Å².